The maximum atomic E-state index is 12.7. The molecule has 0 amide bonds. The van der Waals surface area contributed by atoms with Crippen molar-refractivity contribution in [3.05, 3.63) is 72.9 Å². The summed E-state index contributed by atoms with van der Waals surface area (Å²) in [5.74, 6) is -0.896. The minimum atomic E-state index is -4.40. The molecule has 10 nitrogen and oxygen atoms in total. The molecule has 1 aliphatic heterocycles. The molecule has 1 rings (SSSR count). The zero-order valence-electron chi connectivity index (χ0n) is 36.2. The molecule has 3 unspecified atom stereocenters. The molecule has 1 saturated heterocycles. The lowest BCUT2D eigenvalue weighted by molar-refractivity contribution is -0.870. The molecule has 0 saturated carbocycles. The average Bonchev–Trinajstić information content (AvgIpc) is 3.91. The zero-order chi connectivity index (χ0) is 41.9. The van der Waals surface area contributed by atoms with Gasteiger partial charge in [0.2, 0.25) is 0 Å². The van der Waals surface area contributed by atoms with Gasteiger partial charge in [0.25, 0.3) is 0 Å². The standard InChI is InChI=1S/C46H78NO9P/c1-6-8-10-11-12-13-14-15-16-17-18-19-20-21-25-28-32-36-45(48)52-40-42(41-54-57(50,51)53-39-38-47(3,4)5)55-46(49)37-33-29-26-23-22-24-27-31-35-44-43(56-44)34-30-9-7-2/h8,10,12-13,15-16,18-19,21,25,27,31,42-44H,6-7,9,11,14,17,20,22-24,26,28-30,32-41H2,1-5H3/p+1/b10-8-,13-12-,16-15-,19-18-,25-21-,31-27-/t42-,43?,44?/m1/s1. The topological polar surface area (TPSA) is 121 Å². The molecule has 57 heavy (non-hydrogen) atoms. The predicted molar refractivity (Wildman–Crippen MR) is 233 cm³/mol. The number of carbonyl (C=O) groups excluding carboxylic acids is 2. The smallest absolute Gasteiger partial charge is 0.462 e. The van der Waals surface area contributed by atoms with Gasteiger partial charge in [-0.25, -0.2) is 4.57 Å². The van der Waals surface area contributed by atoms with Gasteiger partial charge in [-0.1, -0.05) is 125 Å². The third kappa shape index (κ3) is 35.1. The Labute approximate surface area is 346 Å². The number of hydrogen-bond acceptors (Lipinski definition) is 8. The molecule has 0 aliphatic carbocycles. The molecular weight excluding hydrogens is 741 g/mol. The number of rotatable bonds is 37. The predicted octanol–water partition coefficient (Wildman–Crippen LogP) is 11.2. The van der Waals surface area contributed by atoms with Crippen molar-refractivity contribution < 1.29 is 46.8 Å². The second kappa shape index (κ2) is 34.3. The van der Waals surface area contributed by atoms with Gasteiger partial charge in [-0.3, -0.25) is 18.6 Å². The largest absolute Gasteiger partial charge is 0.472 e. The van der Waals surface area contributed by atoms with Crippen molar-refractivity contribution in [1.82, 2.24) is 0 Å². The Hall–Kier alpha value is -2.59. The van der Waals surface area contributed by atoms with Crippen molar-refractivity contribution in [3.8, 4) is 0 Å². The molecule has 11 heteroatoms. The molecule has 1 N–H and O–H groups in total. The molecule has 0 aromatic rings. The van der Waals surface area contributed by atoms with Gasteiger partial charge < -0.3 is 23.6 Å². The van der Waals surface area contributed by atoms with Gasteiger partial charge in [-0.05, 0) is 77.0 Å². The van der Waals surface area contributed by atoms with Crippen LogP contribution in [0.25, 0.3) is 0 Å². The molecular formula is C46H79NO9P+. The van der Waals surface area contributed by atoms with Crippen LogP contribution in [-0.4, -0.2) is 87.1 Å². The number of ether oxygens (including phenoxy) is 3. The first-order valence-corrected chi connectivity index (χ1v) is 23.3. The fourth-order valence-electron chi connectivity index (χ4n) is 5.64. The highest BCUT2D eigenvalue weighted by Crippen LogP contribution is 2.43. The number of likely N-dealkylation sites (N-methyl/N-ethyl adjacent to an activating group) is 1. The fourth-order valence-corrected chi connectivity index (χ4v) is 6.38. The third-order valence-corrected chi connectivity index (χ3v) is 10.1. The van der Waals surface area contributed by atoms with Gasteiger partial charge in [0, 0.05) is 12.8 Å². The highest BCUT2D eigenvalue weighted by molar-refractivity contribution is 7.47. The molecule has 1 heterocycles. The summed E-state index contributed by atoms with van der Waals surface area (Å²) in [4.78, 5) is 35.4. The summed E-state index contributed by atoms with van der Waals surface area (Å²) < 4.78 is 40.0. The monoisotopic (exact) mass is 821 g/mol. The molecule has 4 atom stereocenters. The molecule has 326 valence electrons. The Morgan fingerprint density at radius 3 is 1.89 bits per heavy atom. The van der Waals surface area contributed by atoms with E-state index >= 15 is 0 Å². The van der Waals surface area contributed by atoms with E-state index in [0.29, 0.717) is 36.1 Å². The van der Waals surface area contributed by atoms with Crippen LogP contribution < -0.4 is 0 Å². The quantitative estimate of drug-likeness (QED) is 0.0163. The van der Waals surface area contributed by atoms with Crippen LogP contribution in [0.4, 0.5) is 0 Å². The minimum absolute atomic E-state index is 0.0138. The van der Waals surface area contributed by atoms with E-state index < -0.39 is 32.5 Å². The number of hydrogen-bond donors (Lipinski definition) is 1. The first-order chi connectivity index (χ1) is 27.5. The first-order valence-electron chi connectivity index (χ1n) is 21.8. The van der Waals surface area contributed by atoms with Gasteiger partial charge in [-0.15, -0.1) is 0 Å². The number of unbranched alkanes of at least 4 members (excludes halogenated alkanes) is 8. The van der Waals surface area contributed by atoms with Crippen LogP contribution in [0.15, 0.2) is 72.9 Å². The lowest BCUT2D eigenvalue weighted by Crippen LogP contribution is -2.37. The highest BCUT2D eigenvalue weighted by Gasteiger charge is 2.36. The minimum Gasteiger partial charge on any atom is -0.462 e. The van der Waals surface area contributed by atoms with Crippen molar-refractivity contribution >= 4 is 19.8 Å². The van der Waals surface area contributed by atoms with Crippen LogP contribution in [0.5, 0.6) is 0 Å². The van der Waals surface area contributed by atoms with Crippen molar-refractivity contribution in [1.29, 1.82) is 0 Å². The second-order valence-electron chi connectivity index (χ2n) is 15.7. The number of esters is 2. The van der Waals surface area contributed by atoms with Crippen LogP contribution in [0.3, 0.4) is 0 Å². The summed E-state index contributed by atoms with van der Waals surface area (Å²) in [6.07, 6.45) is 44.1. The van der Waals surface area contributed by atoms with Crippen molar-refractivity contribution in [2.24, 2.45) is 0 Å². The van der Waals surface area contributed by atoms with E-state index in [1.807, 2.05) is 27.2 Å². The number of carbonyl (C=O) groups is 2. The molecule has 1 aliphatic rings. The Bertz CT molecular complexity index is 1270. The SMILES string of the molecule is CC/C=C\C/C=C\C/C=C\C/C=C\C/C=C\CCCC(=O)OC[C@H](COP(=O)(O)OCC[N+](C)(C)C)OC(=O)CCCCCCC/C=C\CC1OC1CCCCC. The normalized spacial score (nSPS) is 17.9. The van der Waals surface area contributed by atoms with Crippen LogP contribution in [0, 0.1) is 0 Å². The number of allylic oxidation sites excluding steroid dienone is 11. The number of nitrogens with zero attached hydrogens (tertiary/aromatic N) is 1. The summed E-state index contributed by atoms with van der Waals surface area (Å²) in [5, 5.41) is 0. The molecule has 0 aromatic heterocycles. The average molecular weight is 821 g/mol. The van der Waals surface area contributed by atoms with Crippen molar-refractivity contribution in [2.45, 2.75) is 161 Å². The van der Waals surface area contributed by atoms with E-state index in [-0.39, 0.29) is 26.1 Å². The summed E-state index contributed by atoms with van der Waals surface area (Å²) >= 11 is 0. The number of quaternary nitrogens is 1. The Morgan fingerprint density at radius 1 is 0.667 bits per heavy atom. The van der Waals surface area contributed by atoms with E-state index in [9.17, 15) is 19.0 Å². The Balaban J connectivity index is 2.34. The zero-order valence-corrected chi connectivity index (χ0v) is 37.1. The van der Waals surface area contributed by atoms with Crippen LogP contribution in [0.1, 0.15) is 142 Å². The van der Waals surface area contributed by atoms with Crippen LogP contribution in [-0.2, 0) is 37.4 Å². The first kappa shape index (κ1) is 52.4. The van der Waals surface area contributed by atoms with Crippen LogP contribution in [0.2, 0.25) is 0 Å². The molecule has 0 spiro atoms. The maximum absolute atomic E-state index is 12.7. The van der Waals surface area contributed by atoms with E-state index in [4.69, 9.17) is 23.3 Å². The summed E-state index contributed by atoms with van der Waals surface area (Å²) in [6.45, 7) is 4.16. The third-order valence-electron chi connectivity index (χ3n) is 9.14. The molecule has 0 aromatic carbocycles. The van der Waals surface area contributed by atoms with Gasteiger partial charge in [0.15, 0.2) is 6.10 Å². The highest BCUT2D eigenvalue weighted by atomic mass is 31.2. The second-order valence-corrected chi connectivity index (χ2v) is 17.2. The van der Waals surface area contributed by atoms with Crippen LogP contribution >= 0.6 is 7.82 Å². The van der Waals surface area contributed by atoms with E-state index in [2.05, 4.69) is 80.7 Å². The van der Waals surface area contributed by atoms with E-state index in [1.54, 1.807) is 0 Å². The number of epoxide rings is 1. The van der Waals surface area contributed by atoms with Gasteiger partial charge in [0.1, 0.15) is 19.8 Å². The molecule has 0 radical (unpaired) electrons. The summed E-state index contributed by atoms with van der Waals surface area (Å²) in [7, 11) is 1.42. The van der Waals surface area contributed by atoms with Gasteiger partial charge in [-0.2, -0.15) is 0 Å². The number of phosphoric ester groups is 1. The van der Waals surface area contributed by atoms with Gasteiger partial charge >= 0.3 is 19.8 Å². The Kier molecular flexibility index (Phi) is 31.5. The van der Waals surface area contributed by atoms with E-state index in [1.165, 1.54) is 25.7 Å². The fraction of sp³-hybridized carbons (Fsp3) is 0.696. The molecule has 0 bridgehead atoms. The van der Waals surface area contributed by atoms with Crippen molar-refractivity contribution in [3.63, 3.8) is 0 Å². The molecule has 1 fully saturated rings. The number of phosphoric acid groups is 1. The Morgan fingerprint density at radius 2 is 1.25 bits per heavy atom. The summed E-state index contributed by atoms with van der Waals surface area (Å²) in [5.41, 5.74) is 0. The van der Waals surface area contributed by atoms with E-state index in [0.717, 1.165) is 77.0 Å². The summed E-state index contributed by atoms with van der Waals surface area (Å²) in [6, 6.07) is 0. The van der Waals surface area contributed by atoms with Crippen molar-refractivity contribution in [2.75, 3.05) is 47.5 Å². The lowest BCUT2D eigenvalue weighted by atomic mass is 10.1. The maximum Gasteiger partial charge on any atom is 0.472 e. The van der Waals surface area contributed by atoms with Gasteiger partial charge in [0.05, 0.1) is 40.0 Å². The lowest BCUT2D eigenvalue weighted by Gasteiger charge is -2.24.